The van der Waals surface area contributed by atoms with E-state index in [2.05, 4.69) is 17.9 Å². The van der Waals surface area contributed by atoms with Crippen LogP contribution in [0.5, 0.6) is 0 Å². The van der Waals surface area contributed by atoms with Gasteiger partial charge in [0.25, 0.3) is 0 Å². The zero-order valence-corrected chi connectivity index (χ0v) is 10.1. The fourth-order valence-corrected chi connectivity index (χ4v) is 1.77. The Morgan fingerprint density at radius 2 is 2.06 bits per heavy atom. The molecule has 0 aliphatic rings. The van der Waals surface area contributed by atoms with Gasteiger partial charge in [-0.05, 0) is 12.0 Å². The second-order valence-corrected chi connectivity index (χ2v) is 4.01. The van der Waals surface area contributed by atoms with Gasteiger partial charge in [-0.25, -0.2) is 0 Å². The van der Waals surface area contributed by atoms with E-state index >= 15 is 0 Å². The first kappa shape index (κ1) is 13.1. The highest BCUT2D eigenvalue weighted by atomic mass is 32.1. The predicted octanol–water partition coefficient (Wildman–Crippen LogP) is 0.850. The van der Waals surface area contributed by atoms with Gasteiger partial charge in [-0.2, -0.15) is 12.6 Å². The first-order valence-corrected chi connectivity index (χ1v) is 6.03. The van der Waals surface area contributed by atoms with Gasteiger partial charge in [0.15, 0.2) is 0 Å². The van der Waals surface area contributed by atoms with Crippen molar-refractivity contribution < 1.29 is 4.79 Å². The number of hydrogen-bond donors (Lipinski definition) is 3. The largest absolute Gasteiger partial charge is 0.355 e. The number of benzene rings is 1. The molecule has 3 N–H and O–H groups in total. The summed E-state index contributed by atoms with van der Waals surface area (Å²) in [6.07, 6.45) is 0.723. The fraction of sp³-hybridized carbons (Fsp3) is 0.417. The van der Waals surface area contributed by atoms with E-state index in [0.29, 0.717) is 18.8 Å². The average molecular weight is 238 g/mol. The van der Waals surface area contributed by atoms with E-state index in [0.717, 1.165) is 12.0 Å². The van der Waals surface area contributed by atoms with Crippen LogP contribution in [-0.2, 0) is 11.2 Å². The van der Waals surface area contributed by atoms with Crippen LogP contribution in [0.4, 0.5) is 0 Å². The lowest BCUT2D eigenvalue weighted by Gasteiger charge is -2.14. The van der Waals surface area contributed by atoms with Gasteiger partial charge in [0.2, 0.25) is 5.91 Å². The van der Waals surface area contributed by atoms with E-state index in [4.69, 9.17) is 5.73 Å². The van der Waals surface area contributed by atoms with Gasteiger partial charge in [-0.1, -0.05) is 30.3 Å². The fourth-order valence-electron chi connectivity index (χ4n) is 1.48. The van der Waals surface area contributed by atoms with Crippen molar-refractivity contribution in [1.82, 2.24) is 5.32 Å². The number of nitrogens with two attached hydrogens (primary N) is 1. The molecule has 1 rings (SSSR count). The predicted molar refractivity (Wildman–Crippen MR) is 69.6 cm³/mol. The van der Waals surface area contributed by atoms with Gasteiger partial charge in [0.1, 0.15) is 0 Å². The molecule has 0 aliphatic heterocycles. The molecule has 0 saturated heterocycles. The van der Waals surface area contributed by atoms with Crippen LogP contribution in [0, 0.1) is 5.92 Å². The summed E-state index contributed by atoms with van der Waals surface area (Å²) in [5.41, 5.74) is 6.49. The minimum absolute atomic E-state index is 0.0318. The molecule has 1 amide bonds. The van der Waals surface area contributed by atoms with Crippen molar-refractivity contribution in [3.63, 3.8) is 0 Å². The topological polar surface area (TPSA) is 55.1 Å². The van der Waals surface area contributed by atoms with E-state index < -0.39 is 0 Å². The first-order chi connectivity index (χ1) is 7.77. The van der Waals surface area contributed by atoms with Gasteiger partial charge in [0.05, 0.1) is 5.92 Å². The molecule has 0 spiro atoms. The van der Waals surface area contributed by atoms with Crippen LogP contribution in [0.25, 0.3) is 0 Å². The maximum atomic E-state index is 11.7. The molecular formula is C12H18N2OS. The molecule has 4 heteroatoms. The number of carbonyl (C=O) groups is 1. The Morgan fingerprint density at radius 1 is 1.38 bits per heavy atom. The number of hydrogen-bond acceptors (Lipinski definition) is 3. The van der Waals surface area contributed by atoms with Crippen LogP contribution in [0.2, 0.25) is 0 Å². The van der Waals surface area contributed by atoms with Crippen molar-refractivity contribution in [2.24, 2.45) is 11.7 Å². The SMILES string of the molecule is NCCNC(=O)C(CS)Cc1ccccc1. The monoisotopic (exact) mass is 238 g/mol. The van der Waals surface area contributed by atoms with Crippen LogP contribution in [0.15, 0.2) is 30.3 Å². The van der Waals surface area contributed by atoms with Crippen molar-refractivity contribution in [1.29, 1.82) is 0 Å². The summed E-state index contributed by atoms with van der Waals surface area (Å²) in [6, 6.07) is 9.96. The Morgan fingerprint density at radius 3 is 2.62 bits per heavy atom. The normalized spacial score (nSPS) is 12.1. The standard InChI is InChI=1S/C12H18N2OS/c13-6-7-14-12(15)11(9-16)8-10-4-2-1-3-5-10/h1-5,11,16H,6-9,13H2,(H,14,15). The number of amides is 1. The second kappa shape index (κ2) is 7.30. The van der Waals surface area contributed by atoms with E-state index in [9.17, 15) is 4.79 Å². The third-order valence-electron chi connectivity index (χ3n) is 2.36. The highest BCUT2D eigenvalue weighted by Crippen LogP contribution is 2.10. The quantitative estimate of drug-likeness (QED) is 0.644. The van der Waals surface area contributed by atoms with Crippen molar-refractivity contribution in [2.75, 3.05) is 18.8 Å². The van der Waals surface area contributed by atoms with Crippen molar-refractivity contribution in [3.05, 3.63) is 35.9 Å². The average Bonchev–Trinajstić information content (AvgIpc) is 2.34. The lowest BCUT2D eigenvalue weighted by molar-refractivity contribution is -0.124. The summed E-state index contributed by atoms with van der Waals surface area (Å²) in [7, 11) is 0. The third-order valence-corrected chi connectivity index (χ3v) is 2.80. The van der Waals surface area contributed by atoms with Crippen molar-refractivity contribution in [3.8, 4) is 0 Å². The molecule has 0 aromatic heterocycles. The molecule has 1 atom stereocenters. The summed E-state index contributed by atoms with van der Waals surface area (Å²) in [5, 5.41) is 2.79. The number of rotatable bonds is 6. The van der Waals surface area contributed by atoms with Crippen LogP contribution < -0.4 is 11.1 Å². The van der Waals surface area contributed by atoms with Gasteiger partial charge in [-0.3, -0.25) is 4.79 Å². The minimum Gasteiger partial charge on any atom is -0.355 e. The smallest absolute Gasteiger partial charge is 0.224 e. The van der Waals surface area contributed by atoms with E-state index in [1.165, 1.54) is 0 Å². The molecule has 3 nitrogen and oxygen atoms in total. The van der Waals surface area contributed by atoms with Crippen molar-refractivity contribution >= 4 is 18.5 Å². The number of thiol groups is 1. The Bertz CT molecular complexity index is 316. The Labute approximate surface area is 102 Å². The molecule has 1 aromatic carbocycles. The highest BCUT2D eigenvalue weighted by Gasteiger charge is 2.16. The summed E-state index contributed by atoms with van der Waals surface area (Å²) in [4.78, 5) is 11.7. The van der Waals surface area contributed by atoms with Crippen molar-refractivity contribution in [2.45, 2.75) is 6.42 Å². The summed E-state index contributed by atoms with van der Waals surface area (Å²) in [6.45, 7) is 0.994. The summed E-state index contributed by atoms with van der Waals surface area (Å²) < 4.78 is 0. The molecule has 1 aromatic rings. The molecule has 0 heterocycles. The molecular weight excluding hydrogens is 220 g/mol. The molecule has 1 unspecified atom stereocenters. The van der Waals surface area contributed by atoms with Crippen LogP contribution >= 0.6 is 12.6 Å². The Balaban J connectivity index is 2.52. The van der Waals surface area contributed by atoms with Gasteiger partial charge < -0.3 is 11.1 Å². The molecule has 0 aliphatic carbocycles. The van der Waals surface area contributed by atoms with Gasteiger partial charge >= 0.3 is 0 Å². The lowest BCUT2D eigenvalue weighted by Crippen LogP contribution is -2.36. The summed E-state index contributed by atoms with van der Waals surface area (Å²) >= 11 is 4.22. The first-order valence-electron chi connectivity index (χ1n) is 5.40. The Kier molecular flexibility index (Phi) is 5.96. The van der Waals surface area contributed by atoms with Gasteiger partial charge in [0, 0.05) is 18.8 Å². The van der Waals surface area contributed by atoms with E-state index in [-0.39, 0.29) is 11.8 Å². The molecule has 0 radical (unpaired) electrons. The van der Waals surface area contributed by atoms with E-state index in [1.807, 2.05) is 30.3 Å². The number of nitrogens with one attached hydrogen (secondary N) is 1. The maximum Gasteiger partial charge on any atom is 0.224 e. The van der Waals surface area contributed by atoms with Gasteiger partial charge in [-0.15, -0.1) is 0 Å². The minimum atomic E-state index is -0.0858. The molecule has 0 saturated carbocycles. The third kappa shape index (κ3) is 4.24. The lowest BCUT2D eigenvalue weighted by atomic mass is 10.0. The molecule has 0 bridgehead atoms. The second-order valence-electron chi connectivity index (χ2n) is 3.65. The molecule has 0 fully saturated rings. The number of carbonyl (C=O) groups excluding carboxylic acids is 1. The zero-order valence-electron chi connectivity index (χ0n) is 9.23. The highest BCUT2D eigenvalue weighted by molar-refractivity contribution is 7.80. The van der Waals surface area contributed by atoms with Crippen LogP contribution in [-0.4, -0.2) is 24.7 Å². The maximum absolute atomic E-state index is 11.7. The summed E-state index contributed by atoms with van der Waals surface area (Å²) in [5.74, 6) is 0.493. The van der Waals surface area contributed by atoms with Crippen LogP contribution in [0.3, 0.4) is 0 Å². The van der Waals surface area contributed by atoms with Crippen LogP contribution in [0.1, 0.15) is 5.56 Å². The molecule has 16 heavy (non-hydrogen) atoms. The molecule has 88 valence electrons. The Hall–Kier alpha value is -1.00. The zero-order chi connectivity index (χ0) is 11.8. The van der Waals surface area contributed by atoms with E-state index in [1.54, 1.807) is 0 Å².